The molecule has 0 unspecified atom stereocenters. The van der Waals surface area contributed by atoms with E-state index < -0.39 is 12.2 Å². The second kappa shape index (κ2) is 8.75. The van der Waals surface area contributed by atoms with Crippen molar-refractivity contribution < 1.29 is 23.8 Å². The summed E-state index contributed by atoms with van der Waals surface area (Å²) in [7, 11) is 4.54. The summed E-state index contributed by atoms with van der Waals surface area (Å²) in [5, 5.41) is 9.27. The maximum atomic E-state index is 11.4. The molecule has 0 atom stereocenters. The van der Waals surface area contributed by atoms with Crippen molar-refractivity contribution in [2.75, 3.05) is 21.2 Å². The molecule has 9 nitrogen and oxygen atoms in total. The second-order valence-electron chi connectivity index (χ2n) is 5.27. The molecule has 0 fully saturated rings. The summed E-state index contributed by atoms with van der Waals surface area (Å²) < 4.78 is 17.1. The molecule has 9 heteroatoms. The lowest BCUT2D eigenvalue weighted by Gasteiger charge is -2.07. The number of benzene rings is 1. The Balaban J connectivity index is 2.33. The fraction of sp³-hybridized carbons (Fsp3) is 0.353. The number of alkyl carbamates (subject to hydrolysis) is 2. The van der Waals surface area contributed by atoms with Gasteiger partial charge in [0.2, 0.25) is 0 Å². The van der Waals surface area contributed by atoms with Gasteiger partial charge in [0.15, 0.2) is 0 Å². The Bertz CT molecular complexity index is 770. The predicted octanol–water partition coefficient (Wildman–Crippen LogP) is 1.90. The number of hydrogen-bond acceptors (Lipinski definition) is 6. The number of aromatic nitrogens is 2. The SMILES string of the molecule is CNC(=O)OCc1nn(-c2ccc(OC)cc2)c(C)c1COC(=O)NC. The zero-order chi connectivity index (χ0) is 19.1. The molecule has 0 saturated heterocycles. The van der Waals surface area contributed by atoms with Crippen LogP contribution in [0.5, 0.6) is 5.75 Å². The third kappa shape index (κ3) is 4.44. The number of amides is 2. The molecular formula is C17H22N4O5. The molecule has 1 aromatic heterocycles. The Labute approximate surface area is 151 Å². The number of nitrogens with zero attached hydrogens (tertiary/aromatic N) is 2. The number of methoxy groups -OCH3 is 1. The Kier molecular flexibility index (Phi) is 6.42. The number of rotatable bonds is 6. The van der Waals surface area contributed by atoms with E-state index in [9.17, 15) is 9.59 Å². The zero-order valence-electron chi connectivity index (χ0n) is 15.2. The smallest absolute Gasteiger partial charge is 0.407 e. The van der Waals surface area contributed by atoms with Gasteiger partial charge in [-0.05, 0) is 31.2 Å². The standard InChI is InChI=1S/C17H22N4O5/c1-11-14(9-25-16(22)18-2)15(10-26-17(23)19-3)20-21(11)12-5-7-13(24-4)8-6-12/h5-8H,9-10H2,1-4H3,(H,18,22)(H,19,23). The number of nitrogens with one attached hydrogen (secondary N) is 2. The van der Waals surface area contributed by atoms with Crippen molar-refractivity contribution in [3.05, 3.63) is 41.2 Å². The van der Waals surface area contributed by atoms with Crippen molar-refractivity contribution in [3.63, 3.8) is 0 Å². The van der Waals surface area contributed by atoms with Gasteiger partial charge in [0.05, 0.1) is 12.8 Å². The van der Waals surface area contributed by atoms with E-state index in [0.29, 0.717) is 11.3 Å². The van der Waals surface area contributed by atoms with E-state index in [1.54, 1.807) is 11.8 Å². The first-order valence-corrected chi connectivity index (χ1v) is 7.91. The molecule has 26 heavy (non-hydrogen) atoms. The van der Waals surface area contributed by atoms with Crippen LogP contribution in [0.2, 0.25) is 0 Å². The third-order valence-corrected chi connectivity index (χ3v) is 3.74. The highest BCUT2D eigenvalue weighted by molar-refractivity contribution is 5.67. The highest BCUT2D eigenvalue weighted by atomic mass is 16.6. The van der Waals surface area contributed by atoms with Gasteiger partial charge in [-0.15, -0.1) is 0 Å². The second-order valence-corrected chi connectivity index (χ2v) is 5.27. The Morgan fingerprint density at radius 3 is 2.15 bits per heavy atom. The van der Waals surface area contributed by atoms with Crippen LogP contribution in [0.3, 0.4) is 0 Å². The van der Waals surface area contributed by atoms with Gasteiger partial charge in [0.25, 0.3) is 0 Å². The fourth-order valence-corrected chi connectivity index (χ4v) is 2.29. The highest BCUT2D eigenvalue weighted by Crippen LogP contribution is 2.22. The van der Waals surface area contributed by atoms with Gasteiger partial charge in [-0.2, -0.15) is 5.10 Å². The first-order valence-electron chi connectivity index (χ1n) is 7.91. The first-order chi connectivity index (χ1) is 12.5. The summed E-state index contributed by atoms with van der Waals surface area (Å²) in [6, 6.07) is 7.34. The van der Waals surface area contributed by atoms with Gasteiger partial charge in [-0.1, -0.05) is 0 Å². The van der Waals surface area contributed by atoms with E-state index in [0.717, 1.165) is 17.1 Å². The molecule has 1 heterocycles. The maximum absolute atomic E-state index is 11.4. The normalized spacial score (nSPS) is 10.2. The van der Waals surface area contributed by atoms with Crippen molar-refractivity contribution in [3.8, 4) is 11.4 Å². The molecule has 2 N–H and O–H groups in total. The first kappa shape index (κ1) is 19.1. The summed E-state index contributed by atoms with van der Waals surface area (Å²) in [4.78, 5) is 22.8. The van der Waals surface area contributed by atoms with Gasteiger partial charge in [-0.25, -0.2) is 14.3 Å². The van der Waals surface area contributed by atoms with E-state index in [4.69, 9.17) is 14.2 Å². The van der Waals surface area contributed by atoms with Crippen molar-refractivity contribution in [1.29, 1.82) is 0 Å². The van der Waals surface area contributed by atoms with Crippen LogP contribution in [0.25, 0.3) is 5.69 Å². The van der Waals surface area contributed by atoms with Crippen LogP contribution in [0.4, 0.5) is 9.59 Å². The summed E-state index contributed by atoms with van der Waals surface area (Å²) in [6.45, 7) is 1.81. The largest absolute Gasteiger partial charge is 0.497 e. The molecular weight excluding hydrogens is 340 g/mol. The van der Waals surface area contributed by atoms with Gasteiger partial charge < -0.3 is 24.8 Å². The predicted molar refractivity (Wildman–Crippen MR) is 93.3 cm³/mol. The molecule has 2 amide bonds. The van der Waals surface area contributed by atoms with Crippen LogP contribution in [-0.4, -0.2) is 43.2 Å². The van der Waals surface area contributed by atoms with E-state index in [-0.39, 0.29) is 13.2 Å². The van der Waals surface area contributed by atoms with Crippen molar-refractivity contribution in [2.24, 2.45) is 0 Å². The molecule has 0 spiro atoms. The minimum Gasteiger partial charge on any atom is -0.497 e. The third-order valence-electron chi connectivity index (χ3n) is 3.74. The quantitative estimate of drug-likeness (QED) is 0.813. The molecule has 0 aliphatic heterocycles. The van der Waals surface area contributed by atoms with Crippen LogP contribution in [0.15, 0.2) is 24.3 Å². The molecule has 140 valence electrons. The lowest BCUT2D eigenvalue weighted by atomic mass is 10.2. The van der Waals surface area contributed by atoms with Crippen LogP contribution < -0.4 is 15.4 Å². The molecule has 2 aromatic rings. The van der Waals surface area contributed by atoms with Crippen molar-refractivity contribution >= 4 is 12.2 Å². The highest BCUT2D eigenvalue weighted by Gasteiger charge is 2.18. The van der Waals surface area contributed by atoms with E-state index in [1.165, 1.54) is 14.1 Å². The lowest BCUT2D eigenvalue weighted by molar-refractivity contribution is 0.133. The molecule has 0 aliphatic carbocycles. The average Bonchev–Trinajstić information content (AvgIpc) is 2.99. The average molecular weight is 362 g/mol. The van der Waals surface area contributed by atoms with E-state index >= 15 is 0 Å². The molecule has 1 aromatic carbocycles. The lowest BCUT2D eigenvalue weighted by Crippen LogP contribution is -2.20. The Morgan fingerprint density at radius 2 is 1.62 bits per heavy atom. The minimum atomic E-state index is -0.570. The van der Waals surface area contributed by atoms with Gasteiger partial charge in [0.1, 0.15) is 24.7 Å². The molecule has 0 saturated carbocycles. The van der Waals surface area contributed by atoms with Crippen molar-refractivity contribution in [2.45, 2.75) is 20.1 Å². The fourth-order valence-electron chi connectivity index (χ4n) is 2.29. The molecule has 2 rings (SSSR count). The molecule has 0 radical (unpaired) electrons. The maximum Gasteiger partial charge on any atom is 0.407 e. The summed E-state index contributed by atoms with van der Waals surface area (Å²) in [5.74, 6) is 0.727. The number of carbonyl (C=O) groups excluding carboxylic acids is 2. The van der Waals surface area contributed by atoms with Crippen LogP contribution in [0, 0.1) is 6.92 Å². The van der Waals surface area contributed by atoms with Gasteiger partial charge in [0, 0.05) is 25.4 Å². The van der Waals surface area contributed by atoms with Crippen LogP contribution >= 0.6 is 0 Å². The summed E-state index contributed by atoms with van der Waals surface area (Å²) >= 11 is 0. The summed E-state index contributed by atoms with van der Waals surface area (Å²) in [6.07, 6.45) is -1.13. The number of hydrogen-bond donors (Lipinski definition) is 2. The van der Waals surface area contributed by atoms with Crippen molar-refractivity contribution in [1.82, 2.24) is 20.4 Å². The number of carbonyl (C=O) groups is 2. The van der Waals surface area contributed by atoms with Crippen LogP contribution in [0.1, 0.15) is 17.0 Å². The zero-order valence-corrected chi connectivity index (χ0v) is 15.2. The molecule has 0 bridgehead atoms. The Morgan fingerprint density at radius 1 is 1.04 bits per heavy atom. The topological polar surface area (TPSA) is 104 Å². The minimum absolute atomic E-state index is 0.00803. The van der Waals surface area contributed by atoms with Gasteiger partial charge in [-0.3, -0.25) is 0 Å². The van der Waals surface area contributed by atoms with E-state index in [2.05, 4.69) is 15.7 Å². The summed E-state index contributed by atoms with van der Waals surface area (Å²) in [5.41, 5.74) is 2.75. The van der Waals surface area contributed by atoms with Gasteiger partial charge >= 0.3 is 12.2 Å². The Hall–Kier alpha value is -3.23. The monoisotopic (exact) mass is 362 g/mol. The van der Waals surface area contributed by atoms with E-state index in [1.807, 2.05) is 31.2 Å². The molecule has 0 aliphatic rings. The van der Waals surface area contributed by atoms with Crippen LogP contribution in [-0.2, 0) is 22.7 Å². The number of ether oxygens (including phenoxy) is 3.